The molecule has 0 amide bonds. The summed E-state index contributed by atoms with van der Waals surface area (Å²) in [5.41, 5.74) is 1.08. The van der Waals surface area contributed by atoms with Gasteiger partial charge in [0.25, 0.3) is 10.0 Å². The fraction of sp³-hybridized carbons (Fsp3) is 0.154. The molecule has 0 aliphatic carbocycles. The van der Waals surface area contributed by atoms with Gasteiger partial charge in [-0.3, -0.25) is 9.52 Å². The highest BCUT2D eigenvalue weighted by Gasteiger charge is 2.14. The quantitative estimate of drug-likeness (QED) is 0.888. The Bertz CT molecular complexity index is 729. The molecule has 1 aromatic heterocycles. The molecular weight excluding hydrogens is 278 g/mol. The number of rotatable bonds is 4. The van der Waals surface area contributed by atoms with E-state index in [-0.39, 0.29) is 10.5 Å². The zero-order chi connectivity index (χ0) is 14.8. The first-order valence-electron chi connectivity index (χ1n) is 5.87. The van der Waals surface area contributed by atoms with E-state index in [9.17, 15) is 13.2 Å². The summed E-state index contributed by atoms with van der Waals surface area (Å²) in [5, 5.41) is 0. The maximum absolute atomic E-state index is 12.1. The van der Waals surface area contributed by atoms with Crippen molar-refractivity contribution in [3.63, 3.8) is 0 Å². The predicted octanol–water partition coefficient (Wildman–Crippen LogP) is 1.24. The van der Waals surface area contributed by atoms with E-state index < -0.39 is 10.0 Å². The Kier molecular flexibility index (Phi) is 3.80. The molecule has 0 aliphatic rings. The summed E-state index contributed by atoms with van der Waals surface area (Å²) in [6, 6.07) is 9.41. The van der Waals surface area contributed by atoms with Crippen LogP contribution in [0.2, 0.25) is 0 Å². The Balaban J connectivity index is 2.24. The summed E-state index contributed by atoms with van der Waals surface area (Å²) in [5.74, 6) is 0. The molecule has 1 heterocycles. The molecule has 0 atom stereocenters. The summed E-state index contributed by atoms with van der Waals surface area (Å²) in [6.45, 7) is 0. The third kappa shape index (κ3) is 3.18. The highest BCUT2D eigenvalue weighted by atomic mass is 32.2. The standard InChI is InChI=1S/C13H15N3O3S/c1-16(2)11-5-3-10(4-6-11)15-20(18,19)12-7-8-13(17)14-9-12/h3-9,15H,1-2H3,(H,14,17). The molecule has 2 N–H and O–H groups in total. The number of anilines is 2. The van der Waals surface area contributed by atoms with Gasteiger partial charge >= 0.3 is 0 Å². The van der Waals surface area contributed by atoms with Crippen molar-refractivity contribution in [3.8, 4) is 0 Å². The number of aromatic nitrogens is 1. The largest absolute Gasteiger partial charge is 0.378 e. The first-order valence-corrected chi connectivity index (χ1v) is 7.36. The van der Waals surface area contributed by atoms with Crippen LogP contribution in [0.15, 0.2) is 52.3 Å². The van der Waals surface area contributed by atoms with E-state index in [2.05, 4.69) is 9.71 Å². The average Bonchev–Trinajstić information content (AvgIpc) is 2.39. The lowest BCUT2D eigenvalue weighted by molar-refractivity contribution is 0.600. The first-order chi connectivity index (χ1) is 9.38. The number of nitrogens with one attached hydrogen (secondary N) is 2. The second-order valence-corrected chi connectivity index (χ2v) is 6.12. The van der Waals surface area contributed by atoms with Gasteiger partial charge in [0.2, 0.25) is 5.56 Å². The smallest absolute Gasteiger partial charge is 0.263 e. The Labute approximate surface area is 117 Å². The molecule has 2 aromatic rings. The predicted molar refractivity (Wildman–Crippen MR) is 78.6 cm³/mol. The third-order valence-corrected chi connectivity index (χ3v) is 4.08. The minimum absolute atomic E-state index is 0.00814. The van der Waals surface area contributed by atoms with E-state index in [0.29, 0.717) is 5.69 Å². The van der Waals surface area contributed by atoms with E-state index >= 15 is 0 Å². The van der Waals surface area contributed by atoms with Crippen molar-refractivity contribution in [2.45, 2.75) is 4.90 Å². The van der Waals surface area contributed by atoms with Crippen LogP contribution in [0.1, 0.15) is 0 Å². The lowest BCUT2D eigenvalue weighted by atomic mass is 10.3. The molecule has 0 unspecified atom stereocenters. The van der Waals surface area contributed by atoms with Crippen LogP contribution in [0, 0.1) is 0 Å². The van der Waals surface area contributed by atoms with Gasteiger partial charge in [0, 0.05) is 37.7 Å². The number of hydrogen-bond donors (Lipinski definition) is 2. The number of hydrogen-bond acceptors (Lipinski definition) is 4. The van der Waals surface area contributed by atoms with Gasteiger partial charge in [-0.1, -0.05) is 0 Å². The molecule has 1 aromatic carbocycles. The topological polar surface area (TPSA) is 82.3 Å². The van der Waals surface area contributed by atoms with E-state index in [1.54, 1.807) is 12.1 Å². The summed E-state index contributed by atoms with van der Waals surface area (Å²) < 4.78 is 26.6. The van der Waals surface area contributed by atoms with Gasteiger partial charge in [-0.15, -0.1) is 0 Å². The molecule has 0 fully saturated rings. The van der Waals surface area contributed by atoms with Gasteiger partial charge in [0.1, 0.15) is 4.90 Å². The molecule has 0 saturated heterocycles. The number of H-pyrrole nitrogens is 1. The van der Waals surface area contributed by atoms with Crippen LogP contribution in [0.3, 0.4) is 0 Å². The molecule has 0 bridgehead atoms. The summed E-state index contributed by atoms with van der Waals surface area (Å²) in [4.78, 5) is 15.2. The molecule has 0 radical (unpaired) electrons. The fourth-order valence-corrected chi connectivity index (χ4v) is 2.63. The fourth-order valence-electron chi connectivity index (χ4n) is 1.61. The van der Waals surface area contributed by atoms with Gasteiger partial charge in [0.05, 0.1) is 0 Å². The van der Waals surface area contributed by atoms with Crippen molar-refractivity contribution in [1.29, 1.82) is 0 Å². The first kappa shape index (κ1) is 14.1. The summed E-state index contributed by atoms with van der Waals surface area (Å²) in [7, 11) is 0.108. The second kappa shape index (κ2) is 5.38. The Morgan fingerprint density at radius 2 is 1.70 bits per heavy atom. The maximum atomic E-state index is 12.1. The van der Waals surface area contributed by atoms with Gasteiger partial charge < -0.3 is 9.88 Å². The lowest BCUT2D eigenvalue weighted by Gasteiger charge is -2.13. The molecule has 0 saturated carbocycles. The normalized spacial score (nSPS) is 11.1. The van der Waals surface area contributed by atoms with E-state index in [1.807, 2.05) is 31.1 Å². The molecule has 0 spiro atoms. The van der Waals surface area contributed by atoms with Crippen LogP contribution in [-0.4, -0.2) is 27.5 Å². The molecule has 6 nitrogen and oxygen atoms in total. The second-order valence-electron chi connectivity index (χ2n) is 4.44. The molecule has 7 heteroatoms. The Morgan fingerprint density at radius 1 is 1.05 bits per heavy atom. The zero-order valence-electron chi connectivity index (χ0n) is 11.1. The van der Waals surface area contributed by atoms with E-state index in [1.165, 1.54) is 18.3 Å². The molecular formula is C13H15N3O3S. The van der Waals surface area contributed by atoms with Crippen molar-refractivity contribution < 1.29 is 8.42 Å². The SMILES string of the molecule is CN(C)c1ccc(NS(=O)(=O)c2ccc(=O)[nH]c2)cc1. The molecule has 2 rings (SSSR count). The van der Waals surface area contributed by atoms with E-state index in [0.717, 1.165) is 5.69 Å². The minimum Gasteiger partial charge on any atom is -0.378 e. The average molecular weight is 293 g/mol. The van der Waals surface area contributed by atoms with Crippen LogP contribution in [-0.2, 0) is 10.0 Å². The van der Waals surface area contributed by atoms with Crippen LogP contribution in [0.5, 0.6) is 0 Å². The van der Waals surface area contributed by atoms with Crippen LogP contribution < -0.4 is 15.2 Å². The van der Waals surface area contributed by atoms with E-state index in [4.69, 9.17) is 0 Å². The molecule has 0 aliphatic heterocycles. The summed E-state index contributed by atoms with van der Waals surface area (Å²) in [6.07, 6.45) is 1.17. The number of aromatic amines is 1. The zero-order valence-corrected chi connectivity index (χ0v) is 11.9. The number of sulfonamides is 1. The van der Waals surface area contributed by atoms with Gasteiger partial charge in [-0.05, 0) is 30.3 Å². The molecule has 106 valence electrons. The Hall–Kier alpha value is -2.28. The van der Waals surface area contributed by atoms with Crippen molar-refractivity contribution in [1.82, 2.24) is 4.98 Å². The van der Waals surface area contributed by atoms with Crippen molar-refractivity contribution in [2.24, 2.45) is 0 Å². The monoisotopic (exact) mass is 293 g/mol. The third-order valence-electron chi connectivity index (χ3n) is 2.70. The maximum Gasteiger partial charge on any atom is 0.263 e. The highest BCUT2D eigenvalue weighted by Crippen LogP contribution is 2.18. The van der Waals surface area contributed by atoms with Crippen LogP contribution in [0.25, 0.3) is 0 Å². The van der Waals surface area contributed by atoms with Crippen LogP contribution >= 0.6 is 0 Å². The van der Waals surface area contributed by atoms with Gasteiger partial charge in [0.15, 0.2) is 0 Å². The van der Waals surface area contributed by atoms with Gasteiger partial charge in [-0.2, -0.15) is 0 Å². The number of pyridine rings is 1. The summed E-state index contributed by atoms with van der Waals surface area (Å²) >= 11 is 0. The van der Waals surface area contributed by atoms with Crippen molar-refractivity contribution in [2.75, 3.05) is 23.7 Å². The highest BCUT2D eigenvalue weighted by molar-refractivity contribution is 7.92. The van der Waals surface area contributed by atoms with Crippen molar-refractivity contribution in [3.05, 3.63) is 52.9 Å². The van der Waals surface area contributed by atoms with Crippen LogP contribution in [0.4, 0.5) is 11.4 Å². The number of benzene rings is 1. The van der Waals surface area contributed by atoms with Gasteiger partial charge in [-0.25, -0.2) is 8.42 Å². The molecule has 20 heavy (non-hydrogen) atoms. The lowest BCUT2D eigenvalue weighted by Crippen LogP contribution is -2.15. The number of nitrogens with zero attached hydrogens (tertiary/aromatic N) is 1. The van der Waals surface area contributed by atoms with Crippen molar-refractivity contribution >= 4 is 21.4 Å². The Morgan fingerprint density at radius 3 is 2.20 bits per heavy atom. The minimum atomic E-state index is -3.70.